The van der Waals surface area contributed by atoms with Crippen LogP contribution in [0.15, 0.2) is 53.4 Å². The number of carbonyl (C=O) groups is 2. The van der Waals surface area contributed by atoms with Gasteiger partial charge in [0.05, 0.1) is 23.8 Å². The van der Waals surface area contributed by atoms with Crippen LogP contribution in [0, 0.1) is 5.92 Å². The molecule has 1 fully saturated rings. The molecule has 2 aromatic carbocycles. The van der Waals surface area contributed by atoms with E-state index in [0.29, 0.717) is 48.5 Å². The second-order valence-corrected chi connectivity index (χ2v) is 15.0. The van der Waals surface area contributed by atoms with E-state index < -0.39 is 28.6 Å². The van der Waals surface area contributed by atoms with E-state index in [1.54, 1.807) is 30.9 Å². The van der Waals surface area contributed by atoms with Crippen LogP contribution < -0.4 is 19.7 Å². The van der Waals surface area contributed by atoms with Gasteiger partial charge in [-0.1, -0.05) is 44.0 Å². The number of nitrogens with zero attached hydrogens (tertiary/aromatic N) is 2. The Kier molecular flexibility index (Phi) is 12.1. The number of hydrogen-bond acceptors (Lipinski definition) is 8. The van der Waals surface area contributed by atoms with Gasteiger partial charge < -0.3 is 29.3 Å². The van der Waals surface area contributed by atoms with Crippen LogP contribution in [0.4, 0.5) is 10.5 Å². The summed E-state index contributed by atoms with van der Waals surface area (Å²) in [7, 11) is 0.0752. The summed E-state index contributed by atoms with van der Waals surface area (Å²) in [6.07, 6.45) is 6.26. The Labute approximate surface area is 292 Å². The lowest BCUT2D eigenvalue weighted by molar-refractivity contribution is -0.139. The van der Waals surface area contributed by atoms with Gasteiger partial charge in [-0.25, -0.2) is 9.00 Å². The predicted octanol–water partition coefficient (Wildman–Crippen LogP) is 5.60. The van der Waals surface area contributed by atoms with Crippen molar-refractivity contribution >= 4 is 40.3 Å². The maximum absolute atomic E-state index is 13.5. The molecule has 2 N–H and O–H groups in total. The van der Waals surface area contributed by atoms with E-state index in [2.05, 4.69) is 40.9 Å². The average molecular weight is 701 g/mol. The number of halogens is 1. The van der Waals surface area contributed by atoms with Gasteiger partial charge in [-0.3, -0.25) is 9.52 Å². The largest absolute Gasteiger partial charge is 0.491 e. The summed E-state index contributed by atoms with van der Waals surface area (Å²) >= 11 is 6.42. The number of hydrogen-bond donors (Lipinski definition) is 2. The Morgan fingerprint density at radius 2 is 1.96 bits per heavy atom. The van der Waals surface area contributed by atoms with Gasteiger partial charge in [0, 0.05) is 49.1 Å². The van der Waals surface area contributed by atoms with Crippen molar-refractivity contribution in [2.24, 2.45) is 5.92 Å². The van der Waals surface area contributed by atoms with Gasteiger partial charge in [0.25, 0.3) is 5.91 Å². The molecule has 4 atom stereocenters. The molecule has 10 nitrogen and oxygen atoms in total. The Balaban J connectivity index is 1.49. The molecule has 2 bridgehead atoms. The minimum atomic E-state index is -1.82. The van der Waals surface area contributed by atoms with Gasteiger partial charge in [-0.15, -0.1) is 0 Å². The third-order valence-corrected chi connectivity index (χ3v) is 10.9. The van der Waals surface area contributed by atoms with E-state index in [0.717, 1.165) is 31.4 Å². The van der Waals surface area contributed by atoms with Crippen LogP contribution in [0.2, 0.25) is 5.02 Å². The number of aryl methyl sites for hydroxylation is 1. The number of benzene rings is 2. The first kappa shape index (κ1) is 36.2. The highest BCUT2D eigenvalue weighted by Crippen LogP contribution is 2.38. The van der Waals surface area contributed by atoms with Crippen LogP contribution in [-0.4, -0.2) is 85.3 Å². The quantitative estimate of drug-likeness (QED) is 0.375. The van der Waals surface area contributed by atoms with Gasteiger partial charge in [-0.05, 0) is 87.7 Å². The number of fused-ring (bicyclic) bond motifs is 1. The topological polar surface area (TPSA) is 109 Å². The number of rotatable bonds is 6. The Hall–Kier alpha value is -3.12. The molecular weight excluding hydrogens is 652 g/mol. The molecule has 3 heterocycles. The van der Waals surface area contributed by atoms with E-state index >= 15 is 0 Å². The zero-order chi connectivity index (χ0) is 34.4. The van der Waals surface area contributed by atoms with Crippen LogP contribution in [-0.2, 0) is 31.7 Å². The summed E-state index contributed by atoms with van der Waals surface area (Å²) in [5.74, 6) is 0.244. The molecule has 3 aliphatic heterocycles. The van der Waals surface area contributed by atoms with Crippen molar-refractivity contribution in [3.63, 3.8) is 0 Å². The van der Waals surface area contributed by atoms with E-state index in [1.165, 1.54) is 11.1 Å². The molecule has 2 aromatic rings. The Bertz CT molecular complexity index is 1510. The van der Waals surface area contributed by atoms with Crippen molar-refractivity contribution in [2.75, 3.05) is 51.3 Å². The lowest BCUT2D eigenvalue weighted by atomic mass is 9.91. The fourth-order valence-corrected chi connectivity index (χ4v) is 7.58. The van der Waals surface area contributed by atoms with Gasteiger partial charge in [0.2, 0.25) is 0 Å². The van der Waals surface area contributed by atoms with Gasteiger partial charge in [-0.2, -0.15) is 0 Å². The zero-order valence-corrected chi connectivity index (χ0v) is 30.2. The minimum absolute atomic E-state index is 0.00496. The summed E-state index contributed by atoms with van der Waals surface area (Å²) < 4.78 is 34.6. The minimum Gasteiger partial charge on any atom is -0.491 e. The lowest BCUT2D eigenvalue weighted by Crippen LogP contribution is -2.59. The first-order chi connectivity index (χ1) is 23.0. The molecule has 1 saturated heterocycles. The monoisotopic (exact) mass is 700 g/mol. The number of amides is 2. The Morgan fingerprint density at radius 1 is 1.17 bits per heavy atom. The van der Waals surface area contributed by atoms with Gasteiger partial charge in [0.1, 0.15) is 17.5 Å². The lowest BCUT2D eigenvalue weighted by Gasteiger charge is -2.39. The van der Waals surface area contributed by atoms with E-state index in [9.17, 15) is 13.8 Å². The predicted molar refractivity (Wildman–Crippen MR) is 189 cm³/mol. The summed E-state index contributed by atoms with van der Waals surface area (Å²) in [4.78, 5) is 30.8. The first-order valence-corrected chi connectivity index (χ1v) is 18.5. The molecule has 2 amide bonds. The number of ether oxygens (including phenoxy) is 3. The van der Waals surface area contributed by atoms with Gasteiger partial charge in [0.15, 0.2) is 11.0 Å². The summed E-state index contributed by atoms with van der Waals surface area (Å²) in [6.45, 7) is 10.6. The van der Waals surface area contributed by atoms with Crippen LogP contribution in [0.25, 0.3) is 0 Å². The summed E-state index contributed by atoms with van der Waals surface area (Å²) in [5, 5.41) is 3.91. The fraction of sp³-hybridized carbons (Fsp3) is 0.556. The SMILES string of the molecule is CCCc1cc(Cl)ccc1C1COc2ccc3cc2N(CCC(CC)C(OC(=O)N2CC(NC)C2)/C=C/COC(C)(C)C(=O)NS3=O)C1. The van der Waals surface area contributed by atoms with Crippen LogP contribution in [0.5, 0.6) is 5.75 Å². The molecule has 48 heavy (non-hydrogen) atoms. The molecular formula is C36H49ClN4O6S. The first-order valence-electron chi connectivity index (χ1n) is 17.0. The number of likely N-dealkylation sites (N-methyl/N-ethyl adjacent to an activating group) is 1. The maximum atomic E-state index is 13.5. The Morgan fingerprint density at radius 3 is 2.69 bits per heavy atom. The van der Waals surface area contributed by atoms with Gasteiger partial charge >= 0.3 is 6.09 Å². The molecule has 0 radical (unpaired) electrons. The molecule has 5 rings (SSSR count). The number of nitrogens with one attached hydrogen (secondary N) is 2. The van der Waals surface area contributed by atoms with Crippen LogP contribution in [0.1, 0.15) is 64.0 Å². The van der Waals surface area contributed by atoms with E-state index in [1.807, 2.05) is 31.3 Å². The normalized spacial score (nSPS) is 25.7. The van der Waals surface area contributed by atoms with Crippen molar-refractivity contribution in [1.82, 2.24) is 14.9 Å². The molecule has 0 aromatic heterocycles. The number of carbonyl (C=O) groups excluding carboxylic acids is 2. The molecule has 4 unspecified atom stereocenters. The van der Waals surface area contributed by atoms with Crippen molar-refractivity contribution < 1.29 is 28.0 Å². The number of anilines is 1. The zero-order valence-electron chi connectivity index (χ0n) is 28.6. The van der Waals surface area contributed by atoms with Crippen molar-refractivity contribution in [1.29, 1.82) is 0 Å². The second-order valence-electron chi connectivity index (χ2n) is 13.3. The molecule has 262 valence electrons. The van der Waals surface area contributed by atoms with Crippen LogP contribution >= 0.6 is 11.6 Å². The van der Waals surface area contributed by atoms with Crippen molar-refractivity contribution in [2.45, 2.75) is 81.9 Å². The third-order valence-electron chi connectivity index (χ3n) is 9.57. The highest BCUT2D eigenvalue weighted by Gasteiger charge is 2.35. The summed E-state index contributed by atoms with van der Waals surface area (Å²) in [5.41, 5.74) is 1.97. The fourth-order valence-electron chi connectivity index (χ4n) is 6.44. The smallest absolute Gasteiger partial charge is 0.410 e. The molecule has 3 aliphatic rings. The van der Waals surface area contributed by atoms with Crippen molar-refractivity contribution in [3.8, 4) is 5.75 Å². The van der Waals surface area contributed by atoms with Crippen molar-refractivity contribution in [3.05, 3.63) is 64.7 Å². The number of likely N-dealkylation sites (tertiary alicyclic amines) is 1. The highest BCUT2D eigenvalue weighted by atomic mass is 35.5. The average Bonchev–Trinajstić information content (AvgIpc) is 3.21. The second kappa shape index (κ2) is 16.1. The maximum Gasteiger partial charge on any atom is 0.410 e. The van der Waals surface area contributed by atoms with E-state index in [-0.39, 0.29) is 30.6 Å². The highest BCUT2D eigenvalue weighted by molar-refractivity contribution is 7.83. The molecule has 0 aliphatic carbocycles. The van der Waals surface area contributed by atoms with Crippen LogP contribution in [0.3, 0.4) is 0 Å². The standard InChI is InChI=1S/C36H49ClN4O6S/c1-6-9-25-18-27(37)11-13-30(25)26-20-40-16-15-24(7-2)32(47-35(43)41-21-28(22-41)38-5)10-8-17-46-36(3,4)34(42)39-48(44)29-12-14-33(45-23-26)31(40)19-29/h8,10-14,18-19,24,26,28,32,38H,6-7,9,15-17,20-23H2,1-5H3,(H,39,42)/b10-8+. The van der Waals surface area contributed by atoms with E-state index in [4.69, 9.17) is 25.8 Å². The molecule has 12 heteroatoms. The molecule has 0 saturated carbocycles. The molecule has 0 spiro atoms. The third kappa shape index (κ3) is 8.53. The summed E-state index contributed by atoms with van der Waals surface area (Å²) in [6, 6.07) is 11.8.